The van der Waals surface area contributed by atoms with Crippen LogP contribution in [-0.4, -0.2) is 32.7 Å². The van der Waals surface area contributed by atoms with E-state index < -0.39 is 0 Å². The van der Waals surface area contributed by atoms with Crippen LogP contribution in [0.5, 0.6) is 0 Å². The van der Waals surface area contributed by atoms with E-state index in [9.17, 15) is 0 Å². The summed E-state index contributed by atoms with van der Waals surface area (Å²) in [7, 11) is 0. The number of nitrogens with two attached hydrogens (primary N) is 1. The molecule has 0 fully saturated rings. The monoisotopic (exact) mass is 341 g/mol. The van der Waals surface area contributed by atoms with Gasteiger partial charge in [0.2, 0.25) is 0 Å². The normalized spacial score (nSPS) is 15.5. The molecule has 0 aliphatic heterocycles. The van der Waals surface area contributed by atoms with Crippen molar-refractivity contribution in [1.82, 2.24) is 10.6 Å². The van der Waals surface area contributed by atoms with Crippen LogP contribution in [-0.2, 0) is 0 Å². The Balaban J connectivity index is 3.81. The van der Waals surface area contributed by atoms with Gasteiger partial charge in [-0.15, -0.1) is 0 Å². The van der Waals surface area contributed by atoms with Gasteiger partial charge in [0.05, 0.1) is 0 Å². The first-order valence-electron chi connectivity index (χ1n) is 10.2. The molecule has 4 N–H and O–H groups in total. The summed E-state index contributed by atoms with van der Waals surface area (Å²) < 4.78 is 0. The minimum atomic E-state index is 0.379. The second-order valence-corrected chi connectivity index (χ2v) is 9.99. The van der Waals surface area contributed by atoms with E-state index in [0.717, 1.165) is 44.6 Å². The van der Waals surface area contributed by atoms with Crippen LogP contribution in [0.25, 0.3) is 0 Å². The molecule has 0 saturated carbocycles. The first-order valence-corrected chi connectivity index (χ1v) is 10.2. The zero-order valence-electron chi connectivity index (χ0n) is 17.8. The zero-order chi connectivity index (χ0) is 18.6. The Morgan fingerprint density at radius 1 is 0.792 bits per heavy atom. The summed E-state index contributed by atoms with van der Waals surface area (Å²) in [6.45, 7) is 21.5. The lowest BCUT2D eigenvalue weighted by Crippen LogP contribution is -2.36. The highest BCUT2D eigenvalue weighted by Gasteiger charge is 2.21. The van der Waals surface area contributed by atoms with Gasteiger partial charge in [-0.05, 0) is 35.5 Å². The lowest BCUT2D eigenvalue weighted by atomic mass is 9.80. The lowest BCUT2D eigenvalue weighted by Gasteiger charge is -2.29. The highest BCUT2D eigenvalue weighted by Crippen LogP contribution is 2.30. The molecule has 24 heavy (non-hydrogen) atoms. The van der Waals surface area contributed by atoms with E-state index in [0.29, 0.717) is 10.8 Å². The van der Waals surface area contributed by atoms with Crippen LogP contribution in [0.15, 0.2) is 0 Å². The molecule has 0 aliphatic carbocycles. The van der Waals surface area contributed by atoms with Gasteiger partial charge in [0.25, 0.3) is 0 Å². The van der Waals surface area contributed by atoms with Crippen molar-refractivity contribution < 1.29 is 0 Å². The largest absolute Gasteiger partial charge is 0.329 e. The van der Waals surface area contributed by atoms with E-state index in [4.69, 9.17) is 5.73 Å². The number of hydrogen-bond donors (Lipinski definition) is 3. The van der Waals surface area contributed by atoms with Gasteiger partial charge in [-0.25, -0.2) is 0 Å². The molecule has 3 heteroatoms. The molecule has 0 saturated heterocycles. The fourth-order valence-corrected chi connectivity index (χ4v) is 3.91. The van der Waals surface area contributed by atoms with E-state index in [2.05, 4.69) is 59.1 Å². The first-order chi connectivity index (χ1) is 11.1. The molecule has 0 rings (SSSR count). The van der Waals surface area contributed by atoms with Crippen LogP contribution in [0.4, 0.5) is 0 Å². The van der Waals surface area contributed by atoms with Crippen LogP contribution in [0, 0.1) is 22.7 Å². The van der Waals surface area contributed by atoms with E-state index in [1.165, 1.54) is 32.1 Å². The molecule has 0 aromatic heterocycles. The predicted molar refractivity (Wildman–Crippen MR) is 109 cm³/mol. The van der Waals surface area contributed by atoms with E-state index in [1.807, 2.05) is 0 Å². The van der Waals surface area contributed by atoms with Crippen LogP contribution in [0.3, 0.4) is 0 Å². The van der Waals surface area contributed by atoms with Gasteiger partial charge in [0.15, 0.2) is 0 Å². The van der Waals surface area contributed by atoms with Crippen molar-refractivity contribution in [3.63, 3.8) is 0 Å². The Morgan fingerprint density at radius 2 is 1.33 bits per heavy atom. The van der Waals surface area contributed by atoms with Crippen LogP contribution in [0.2, 0.25) is 0 Å². The Hall–Kier alpha value is -0.120. The molecule has 3 nitrogen and oxygen atoms in total. The molecule has 0 heterocycles. The Bertz CT molecular complexity index is 294. The number of nitrogens with one attached hydrogen (secondary N) is 2. The molecule has 2 atom stereocenters. The number of rotatable bonds is 14. The SMILES string of the molecule is CC(CCCC(C)CC(C)(C)CNCCNCCN)CC(C)(C)C. The summed E-state index contributed by atoms with van der Waals surface area (Å²) in [5.74, 6) is 1.67. The summed E-state index contributed by atoms with van der Waals surface area (Å²) in [5.41, 5.74) is 6.32. The van der Waals surface area contributed by atoms with Crippen molar-refractivity contribution in [2.45, 2.75) is 80.6 Å². The van der Waals surface area contributed by atoms with Crippen molar-refractivity contribution in [1.29, 1.82) is 0 Å². The van der Waals surface area contributed by atoms with Crippen LogP contribution >= 0.6 is 0 Å². The molecule has 2 unspecified atom stereocenters. The first kappa shape index (κ1) is 23.9. The van der Waals surface area contributed by atoms with Crippen molar-refractivity contribution in [3.8, 4) is 0 Å². The summed E-state index contributed by atoms with van der Waals surface area (Å²) in [4.78, 5) is 0. The zero-order valence-corrected chi connectivity index (χ0v) is 17.8. The second-order valence-electron chi connectivity index (χ2n) is 9.99. The molecule has 0 aromatic rings. The molecule has 0 aromatic carbocycles. The second kappa shape index (κ2) is 12.3. The fourth-order valence-electron chi connectivity index (χ4n) is 3.91. The molecular formula is C21H47N3. The third-order valence-corrected chi connectivity index (χ3v) is 4.66. The van der Waals surface area contributed by atoms with E-state index >= 15 is 0 Å². The maximum absolute atomic E-state index is 5.47. The molecule has 146 valence electrons. The van der Waals surface area contributed by atoms with Crippen molar-refractivity contribution in [2.24, 2.45) is 28.4 Å². The summed E-state index contributed by atoms with van der Waals surface area (Å²) >= 11 is 0. The summed E-state index contributed by atoms with van der Waals surface area (Å²) in [6.07, 6.45) is 6.78. The van der Waals surface area contributed by atoms with Gasteiger partial charge in [-0.2, -0.15) is 0 Å². The van der Waals surface area contributed by atoms with Crippen molar-refractivity contribution in [3.05, 3.63) is 0 Å². The maximum atomic E-state index is 5.47. The fraction of sp³-hybridized carbons (Fsp3) is 1.00. The average Bonchev–Trinajstić information content (AvgIpc) is 2.40. The number of hydrogen-bond acceptors (Lipinski definition) is 3. The molecule has 0 spiro atoms. The van der Waals surface area contributed by atoms with Gasteiger partial charge < -0.3 is 16.4 Å². The predicted octanol–water partition coefficient (Wildman–Crippen LogP) is 4.42. The Labute approximate surface area is 152 Å². The summed E-state index contributed by atoms with van der Waals surface area (Å²) in [6, 6.07) is 0. The van der Waals surface area contributed by atoms with Gasteiger partial charge in [0.1, 0.15) is 0 Å². The molecule has 0 amide bonds. The van der Waals surface area contributed by atoms with Gasteiger partial charge in [0, 0.05) is 32.7 Å². The minimum absolute atomic E-state index is 0.379. The highest BCUT2D eigenvalue weighted by molar-refractivity contribution is 4.75. The van der Waals surface area contributed by atoms with Crippen LogP contribution < -0.4 is 16.4 Å². The standard InChI is InChI=1S/C21H47N3/c1-18(15-20(3,4)5)9-8-10-19(2)16-21(6,7)17-24-14-13-23-12-11-22/h18-19,23-24H,8-17,22H2,1-7H3. The van der Waals surface area contributed by atoms with Crippen LogP contribution in [0.1, 0.15) is 80.6 Å². The van der Waals surface area contributed by atoms with E-state index in [-0.39, 0.29) is 0 Å². The van der Waals surface area contributed by atoms with Crippen molar-refractivity contribution >= 4 is 0 Å². The minimum Gasteiger partial charge on any atom is -0.329 e. The highest BCUT2D eigenvalue weighted by atomic mass is 14.9. The third kappa shape index (κ3) is 15.4. The van der Waals surface area contributed by atoms with Gasteiger partial charge in [-0.1, -0.05) is 67.7 Å². The van der Waals surface area contributed by atoms with Gasteiger partial charge >= 0.3 is 0 Å². The lowest BCUT2D eigenvalue weighted by molar-refractivity contribution is 0.245. The topological polar surface area (TPSA) is 50.1 Å². The van der Waals surface area contributed by atoms with E-state index in [1.54, 1.807) is 0 Å². The molecular weight excluding hydrogens is 294 g/mol. The molecule has 0 radical (unpaired) electrons. The Morgan fingerprint density at radius 3 is 1.88 bits per heavy atom. The third-order valence-electron chi connectivity index (χ3n) is 4.66. The molecule has 0 bridgehead atoms. The maximum Gasteiger partial charge on any atom is 0.00772 e. The quantitative estimate of drug-likeness (QED) is 0.410. The molecule has 0 aliphatic rings. The smallest absolute Gasteiger partial charge is 0.00772 e. The average molecular weight is 342 g/mol. The van der Waals surface area contributed by atoms with Gasteiger partial charge in [-0.3, -0.25) is 0 Å². The van der Waals surface area contributed by atoms with Crippen molar-refractivity contribution in [2.75, 3.05) is 32.7 Å². The Kier molecular flexibility index (Phi) is 12.2. The summed E-state index contributed by atoms with van der Waals surface area (Å²) in [5, 5.41) is 6.92.